The lowest BCUT2D eigenvalue weighted by Gasteiger charge is -2.18. The highest BCUT2D eigenvalue weighted by Crippen LogP contribution is 2.37. The molecular weight excluding hydrogens is 344 g/mol. The smallest absolute Gasteiger partial charge is 0.166 e. The number of anilines is 1. The first-order valence-electron chi connectivity index (χ1n) is 9.82. The molecule has 3 N–H and O–H groups in total. The second-order valence-corrected chi connectivity index (χ2v) is 7.09. The first-order chi connectivity index (χ1) is 13.1. The van der Waals surface area contributed by atoms with E-state index >= 15 is 0 Å². The van der Waals surface area contributed by atoms with Gasteiger partial charge in [-0.1, -0.05) is 26.7 Å². The maximum Gasteiger partial charge on any atom is 0.166 e. The van der Waals surface area contributed by atoms with Crippen molar-refractivity contribution in [3.05, 3.63) is 12.2 Å². The third-order valence-electron chi connectivity index (χ3n) is 5.40. The zero-order valence-corrected chi connectivity index (χ0v) is 16.1. The first kappa shape index (κ1) is 19.5. The molecule has 2 aromatic heterocycles. The second-order valence-electron chi connectivity index (χ2n) is 7.09. The predicted molar refractivity (Wildman–Crippen MR) is 102 cm³/mol. The Bertz CT molecular complexity index is 823. The Hall–Kier alpha value is -2.24. The van der Waals surface area contributed by atoms with E-state index in [4.69, 9.17) is 5.26 Å². The molecule has 27 heavy (non-hydrogen) atoms. The molecule has 8 nitrogen and oxygen atoms in total. The van der Waals surface area contributed by atoms with Crippen LogP contribution in [-0.4, -0.2) is 48.0 Å². The molecule has 0 radical (unpaired) electrons. The zero-order chi connectivity index (χ0) is 19.6. The van der Waals surface area contributed by atoms with Gasteiger partial charge in [-0.3, -0.25) is 0 Å². The van der Waals surface area contributed by atoms with Crippen LogP contribution in [0.3, 0.4) is 0 Å². The molecule has 146 valence electrons. The molecule has 0 aromatic carbocycles. The summed E-state index contributed by atoms with van der Waals surface area (Å²) in [6.45, 7) is 5.83. The lowest BCUT2D eigenvalue weighted by molar-refractivity contribution is 0.0147. The highest BCUT2D eigenvalue weighted by molar-refractivity contribution is 5.83. The number of aryl methyl sites for hydroxylation is 1. The van der Waals surface area contributed by atoms with Gasteiger partial charge in [-0.15, -0.1) is 0 Å². The van der Waals surface area contributed by atoms with Crippen molar-refractivity contribution in [3.8, 4) is 6.07 Å². The summed E-state index contributed by atoms with van der Waals surface area (Å²) in [5.74, 6) is 0.758. The number of imidazole rings is 1. The number of aliphatic hydroxyl groups excluding tert-OH is 2. The summed E-state index contributed by atoms with van der Waals surface area (Å²) in [6.07, 6.45) is 4.64. The lowest BCUT2D eigenvalue weighted by Crippen LogP contribution is -2.29. The number of hydrogen-bond donors (Lipinski definition) is 3. The quantitative estimate of drug-likeness (QED) is 0.756. The van der Waals surface area contributed by atoms with Gasteiger partial charge >= 0.3 is 0 Å². The Balaban J connectivity index is 0.00000102. The minimum Gasteiger partial charge on any atom is -0.389 e. The van der Waals surface area contributed by atoms with Gasteiger partial charge in [-0.05, 0) is 26.2 Å². The molecule has 2 aromatic rings. The minimum atomic E-state index is -1.05. The highest BCUT2D eigenvalue weighted by Gasteiger charge is 2.43. The summed E-state index contributed by atoms with van der Waals surface area (Å²) in [4.78, 5) is 13.5. The fraction of sp³-hybridized carbons (Fsp3) is 0.684. The molecule has 2 fully saturated rings. The molecule has 0 bridgehead atoms. The molecule has 2 saturated carbocycles. The van der Waals surface area contributed by atoms with Crippen LogP contribution in [0.15, 0.2) is 6.33 Å². The molecular formula is C19H28N6O2. The van der Waals surface area contributed by atoms with Crippen molar-refractivity contribution in [2.24, 2.45) is 5.92 Å². The van der Waals surface area contributed by atoms with Gasteiger partial charge < -0.3 is 20.1 Å². The largest absolute Gasteiger partial charge is 0.389 e. The van der Waals surface area contributed by atoms with Gasteiger partial charge in [0.05, 0.1) is 30.5 Å². The molecule has 4 rings (SSSR count). The summed E-state index contributed by atoms with van der Waals surface area (Å²) in [5.41, 5.74) is 1.29. The van der Waals surface area contributed by atoms with Crippen LogP contribution in [0.1, 0.15) is 57.8 Å². The number of rotatable bonds is 3. The topological polar surface area (TPSA) is 120 Å². The Kier molecular flexibility index (Phi) is 5.92. The molecule has 4 atom stereocenters. The average molecular weight is 372 g/mol. The van der Waals surface area contributed by atoms with Crippen LogP contribution < -0.4 is 5.32 Å². The molecule has 0 amide bonds. The normalized spacial score (nSPS) is 28.0. The van der Waals surface area contributed by atoms with Gasteiger partial charge in [0.2, 0.25) is 0 Å². The SMILES string of the molecule is CC.Cc1nc(NC2CCCC2)c2ncn(C3CC(C#N)C(O)C3O)c2n1. The van der Waals surface area contributed by atoms with Gasteiger partial charge in [-0.2, -0.15) is 5.26 Å². The number of hydrogen-bond acceptors (Lipinski definition) is 7. The Morgan fingerprint density at radius 1 is 1.19 bits per heavy atom. The van der Waals surface area contributed by atoms with Gasteiger partial charge in [0.25, 0.3) is 0 Å². The van der Waals surface area contributed by atoms with Crippen molar-refractivity contribution in [2.75, 3.05) is 5.32 Å². The Labute approximate surface area is 159 Å². The maximum absolute atomic E-state index is 10.3. The Morgan fingerprint density at radius 3 is 2.52 bits per heavy atom. The number of aromatic nitrogens is 4. The van der Waals surface area contributed by atoms with Gasteiger partial charge in [0.1, 0.15) is 17.4 Å². The van der Waals surface area contributed by atoms with E-state index in [0.717, 1.165) is 18.7 Å². The van der Waals surface area contributed by atoms with E-state index in [1.165, 1.54) is 12.8 Å². The second kappa shape index (κ2) is 8.19. The number of nitrogens with zero attached hydrogens (tertiary/aromatic N) is 5. The monoisotopic (exact) mass is 372 g/mol. The molecule has 2 aliphatic rings. The third kappa shape index (κ3) is 3.62. The summed E-state index contributed by atoms with van der Waals surface area (Å²) in [7, 11) is 0. The number of aliphatic hydroxyl groups is 2. The third-order valence-corrected chi connectivity index (χ3v) is 5.40. The summed E-state index contributed by atoms with van der Waals surface area (Å²) in [6, 6.07) is 2.05. The lowest BCUT2D eigenvalue weighted by atomic mass is 10.1. The van der Waals surface area contributed by atoms with Crippen LogP contribution in [0.2, 0.25) is 0 Å². The van der Waals surface area contributed by atoms with Crippen molar-refractivity contribution in [2.45, 2.75) is 77.2 Å². The van der Waals surface area contributed by atoms with Gasteiger partial charge in [0.15, 0.2) is 11.5 Å². The van der Waals surface area contributed by atoms with E-state index in [-0.39, 0.29) is 0 Å². The van der Waals surface area contributed by atoms with Crippen molar-refractivity contribution >= 4 is 17.0 Å². The minimum absolute atomic E-state index is 0.374. The van der Waals surface area contributed by atoms with Crippen molar-refractivity contribution in [1.82, 2.24) is 19.5 Å². The van der Waals surface area contributed by atoms with Crippen LogP contribution in [0, 0.1) is 24.2 Å². The standard InChI is InChI=1S/C17H22N6O2.C2H6/c1-9-20-16(22-11-4-2-3-5-11)13-17(21-9)23(8-19-13)12-6-10(7-18)14(24)15(12)25;1-2/h8,10-12,14-15,24-25H,2-6H2,1H3,(H,20,21,22);1-2H3. The van der Waals surface area contributed by atoms with Crippen molar-refractivity contribution in [3.63, 3.8) is 0 Å². The fourth-order valence-electron chi connectivity index (χ4n) is 4.04. The average Bonchev–Trinajstić information content (AvgIpc) is 3.38. The van der Waals surface area contributed by atoms with E-state index < -0.39 is 24.2 Å². The van der Waals surface area contributed by atoms with E-state index in [1.54, 1.807) is 10.9 Å². The number of nitriles is 1. The number of fused-ring (bicyclic) bond motifs is 1. The molecule has 4 unspecified atom stereocenters. The predicted octanol–water partition coefficient (Wildman–Crippen LogP) is 2.32. The summed E-state index contributed by atoms with van der Waals surface area (Å²) < 4.78 is 1.77. The maximum atomic E-state index is 10.3. The van der Waals surface area contributed by atoms with Crippen LogP contribution in [-0.2, 0) is 0 Å². The molecule has 0 spiro atoms. The number of nitrogens with one attached hydrogen (secondary N) is 1. The fourth-order valence-corrected chi connectivity index (χ4v) is 4.04. The van der Waals surface area contributed by atoms with Crippen LogP contribution in [0.5, 0.6) is 0 Å². The summed E-state index contributed by atoms with van der Waals surface area (Å²) >= 11 is 0. The summed E-state index contributed by atoms with van der Waals surface area (Å²) in [5, 5.41) is 33.0. The van der Waals surface area contributed by atoms with Gasteiger partial charge in [0, 0.05) is 6.04 Å². The first-order valence-corrected chi connectivity index (χ1v) is 9.82. The molecule has 8 heteroatoms. The molecule has 0 aliphatic heterocycles. The van der Waals surface area contributed by atoms with E-state index in [2.05, 4.69) is 26.3 Å². The molecule has 2 heterocycles. The Morgan fingerprint density at radius 2 is 1.89 bits per heavy atom. The molecule has 0 saturated heterocycles. The van der Waals surface area contributed by atoms with E-state index in [9.17, 15) is 10.2 Å². The van der Waals surface area contributed by atoms with Crippen molar-refractivity contribution < 1.29 is 10.2 Å². The van der Waals surface area contributed by atoms with Gasteiger partial charge in [-0.25, -0.2) is 15.0 Å². The van der Waals surface area contributed by atoms with Crippen LogP contribution in [0.4, 0.5) is 5.82 Å². The van der Waals surface area contributed by atoms with Crippen molar-refractivity contribution in [1.29, 1.82) is 5.26 Å². The zero-order valence-electron chi connectivity index (χ0n) is 16.1. The van der Waals surface area contributed by atoms with Crippen LogP contribution >= 0.6 is 0 Å². The van der Waals surface area contributed by atoms with E-state index in [1.807, 2.05) is 20.8 Å². The van der Waals surface area contributed by atoms with Crippen LogP contribution in [0.25, 0.3) is 11.2 Å². The highest BCUT2D eigenvalue weighted by atomic mass is 16.3. The van der Waals surface area contributed by atoms with E-state index in [0.29, 0.717) is 29.5 Å². The molecule has 2 aliphatic carbocycles.